The molecule has 1 heterocycles. The zero-order valence-corrected chi connectivity index (χ0v) is 12.0. The van der Waals surface area contributed by atoms with E-state index in [1.54, 1.807) is 20.0 Å². The van der Waals surface area contributed by atoms with E-state index in [1.165, 1.54) is 16.8 Å². The number of alkyl halides is 3. The minimum absolute atomic E-state index is 0.274. The van der Waals surface area contributed by atoms with Gasteiger partial charge in [-0.15, -0.1) is 0 Å². The Hall–Kier alpha value is -2.57. The molecule has 1 amide bonds. The Morgan fingerprint density at radius 3 is 2.32 bits per heavy atom. The molecule has 22 heavy (non-hydrogen) atoms. The van der Waals surface area contributed by atoms with Crippen molar-refractivity contribution in [2.24, 2.45) is 7.05 Å². The molecule has 116 valence electrons. The van der Waals surface area contributed by atoms with Crippen LogP contribution in [0.25, 0.3) is 5.57 Å². The minimum atomic E-state index is -4.40. The topological polar surface area (TPSA) is 46.9 Å². The summed E-state index contributed by atoms with van der Waals surface area (Å²) >= 11 is 0. The number of carbonyl (C=O) groups excluding carboxylic acids is 1. The van der Waals surface area contributed by atoms with Crippen molar-refractivity contribution in [2.45, 2.75) is 13.1 Å². The van der Waals surface area contributed by atoms with E-state index in [0.717, 1.165) is 12.1 Å². The van der Waals surface area contributed by atoms with Gasteiger partial charge in [-0.25, -0.2) is 0 Å². The zero-order valence-electron chi connectivity index (χ0n) is 12.0. The first-order valence-electron chi connectivity index (χ1n) is 6.37. The van der Waals surface area contributed by atoms with E-state index in [0.29, 0.717) is 11.3 Å². The molecule has 0 bridgehead atoms. The lowest BCUT2D eigenvalue weighted by Crippen LogP contribution is -2.16. The third-order valence-electron chi connectivity index (χ3n) is 3.02. The molecule has 2 rings (SSSR count). The molecule has 1 aromatic carbocycles. The summed E-state index contributed by atoms with van der Waals surface area (Å²) in [4.78, 5) is 12.1. The highest BCUT2D eigenvalue weighted by atomic mass is 19.4. The van der Waals surface area contributed by atoms with Crippen molar-refractivity contribution in [2.75, 3.05) is 5.32 Å². The van der Waals surface area contributed by atoms with Gasteiger partial charge in [0.1, 0.15) is 5.69 Å². The van der Waals surface area contributed by atoms with Crippen LogP contribution in [0.4, 0.5) is 18.9 Å². The van der Waals surface area contributed by atoms with E-state index in [2.05, 4.69) is 17.0 Å². The number of rotatable bonds is 3. The van der Waals surface area contributed by atoms with Crippen molar-refractivity contribution in [3.8, 4) is 0 Å². The van der Waals surface area contributed by atoms with E-state index in [-0.39, 0.29) is 11.4 Å². The van der Waals surface area contributed by atoms with Gasteiger partial charge in [0.15, 0.2) is 0 Å². The van der Waals surface area contributed by atoms with Gasteiger partial charge in [-0.05, 0) is 42.8 Å². The van der Waals surface area contributed by atoms with Gasteiger partial charge in [0.25, 0.3) is 5.91 Å². The van der Waals surface area contributed by atoms with Gasteiger partial charge >= 0.3 is 6.18 Å². The van der Waals surface area contributed by atoms with Crippen molar-refractivity contribution < 1.29 is 18.0 Å². The molecule has 7 heteroatoms. The first-order chi connectivity index (χ1) is 10.2. The van der Waals surface area contributed by atoms with Crippen LogP contribution < -0.4 is 5.32 Å². The maximum Gasteiger partial charge on any atom is 0.416 e. The summed E-state index contributed by atoms with van der Waals surface area (Å²) in [5.41, 5.74) is 1.09. The normalized spacial score (nSPS) is 11.3. The number of benzene rings is 1. The van der Waals surface area contributed by atoms with Crippen molar-refractivity contribution in [1.29, 1.82) is 0 Å². The van der Waals surface area contributed by atoms with Crippen molar-refractivity contribution >= 4 is 17.2 Å². The Kier molecular flexibility index (Phi) is 4.07. The fraction of sp³-hybridized carbons (Fsp3) is 0.200. The predicted octanol–water partition coefficient (Wildman–Crippen LogP) is 3.72. The molecule has 0 atom stereocenters. The molecule has 1 N–H and O–H groups in total. The average molecular weight is 309 g/mol. The first-order valence-corrected chi connectivity index (χ1v) is 6.37. The summed E-state index contributed by atoms with van der Waals surface area (Å²) in [5.74, 6) is -0.456. The molecular formula is C15H14F3N3O. The largest absolute Gasteiger partial charge is 0.416 e. The lowest BCUT2D eigenvalue weighted by Gasteiger charge is -2.08. The highest BCUT2D eigenvalue weighted by Gasteiger charge is 2.30. The smallest absolute Gasteiger partial charge is 0.321 e. The van der Waals surface area contributed by atoms with Crippen LogP contribution in [-0.2, 0) is 13.2 Å². The number of hydrogen-bond donors (Lipinski definition) is 1. The molecule has 0 saturated heterocycles. The molecule has 0 saturated carbocycles. The number of nitrogens with zero attached hydrogens (tertiary/aromatic N) is 2. The molecule has 0 unspecified atom stereocenters. The number of nitrogens with one attached hydrogen (secondary N) is 1. The van der Waals surface area contributed by atoms with Crippen LogP contribution in [0.15, 0.2) is 36.9 Å². The van der Waals surface area contributed by atoms with E-state index in [9.17, 15) is 18.0 Å². The summed E-state index contributed by atoms with van der Waals surface area (Å²) in [6.45, 7) is 5.51. The summed E-state index contributed by atoms with van der Waals surface area (Å²) in [7, 11) is 1.61. The molecular weight excluding hydrogens is 295 g/mol. The average Bonchev–Trinajstić information content (AvgIpc) is 2.81. The standard InChI is InChI=1S/C15H14F3N3O/c1-9(2)12-8-13(21(3)20-12)14(22)19-11-6-4-10(5-7-11)15(16,17)18/h4-8H,1H2,2-3H3,(H,19,22). The third kappa shape index (κ3) is 3.36. The number of amides is 1. The SMILES string of the molecule is C=C(C)c1cc(C(=O)Nc2ccc(C(F)(F)F)cc2)n(C)n1. The van der Waals surface area contributed by atoms with Crippen LogP contribution in [-0.4, -0.2) is 15.7 Å². The van der Waals surface area contributed by atoms with Crippen LogP contribution in [0.3, 0.4) is 0 Å². The molecule has 4 nitrogen and oxygen atoms in total. The minimum Gasteiger partial charge on any atom is -0.321 e. The second-order valence-corrected chi connectivity index (χ2v) is 4.85. The number of aromatic nitrogens is 2. The number of hydrogen-bond acceptors (Lipinski definition) is 2. The van der Waals surface area contributed by atoms with Gasteiger partial charge in [0.05, 0.1) is 11.3 Å². The summed E-state index contributed by atoms with van der Waals surface area (Å²) in [5, 5.41) is 6.66. The van der Waals surface area contributed by atoms with Crippen LogP contribution in [0.2, 0.25) is 0 Å². The molecule has 0 aliphatic heterocycles. The molecule has 0 spiro atoms. The zero-order chi connectivity index (χ0) is 16.5. The van der Waals surface area contributed by atoms with Gasteiger partial charge in [-0.1, -0.05) is 6.58 Å². The molecule has 0 radical (unpaired) electrons. The number of aryl methyl sites for hydroxylation is 1. The Morgan fingerprint density at radius 2 is 1.86 bits per heavy atom. The van der Waals surface area contributed by atoms with Gasteiger partial charge in [-0.3, -0.25) is 9.48 Å². The summed E-state index contributed by atoms with van der Waals surface area (Å²) < 4.78 is 38.8. The second-order valence-electron chi connectivity index (χ2n) is 4.85. The fourth-order valence-corrected chi connectivity index (χ4v) is 1.83. The van der Waals surface area contributed by atoms with Gasteiger partial charge in [0.2, 0.25) is 0 Å². The molecule has 1 aromatic heterocycles. The van der Waals surface area contributed by atoms with Crippen molar-refractivity contribution in [3.05, 3.63) is 53.9 Å². The quantitative estimate of drug-likeness (QED) is 0.939. The molecule has 2 aromatic rings. The lowest BCUT2D eigenvalue weighted by molar-refractivity contribution is -0.137. The number of allylic oxidation sites excluding steroid dienone is 1. The summed E-state index contributed by atoms with van der Waals surface area (Å²) in [6.07, 6.45) is -4.40. The number of halogens is 3. The molecule has 0 fully saturated rings. The number of carbonyl (C=O) groups is 1. The van der Waals surface area contributed by atoms with E-state index in [1.807, 2.05) is 0 Å². The molecule has 0 aliphatic rings. The Morgan fingerprint density at radius 1 is 1.27 bits per heavy atom. The first kappa shape index (κ1) is 15.8. The third-order valence-corrected chi connectivity index (χ3v) is 3.02. The Bertz CT molecular complexity index is 715. The van der Waals surface area contributed by atoms with E-state index < -0.39 is 17.6 Å². The monoisotopic (exact) mass is 309 g/mol. The van der Waals surface area contributed by atoms with Crippen LogP contribution >= 0.6 is 0 Å². The van der Waals surface area contributed by atoms with E-state index in [4.69, 9.17) is 0 Å². The Labute approximate surface area is 125 Å². The van der Waals surface area contributed by atoms with Gasteiger partial charge < -0.3 is 5.32 Å². The second kappa shape index (κ2) is 5.67. The summed E-state index contributed by atoms with van der Waals surface area (Å²) in [6, 6.07) is 5.81. The van der Waals surface area contributed by atoms with Crippen molar-refractivity contribution in [1.82, 2.24) is 9.78 Å². The van der Waals surface area contributed by atoms with Crippen LogP contribution in [0.5, 0.6) is 0 Å². The van der Waals surface area contributed by atoms with Crippen LogP contribution in [0, 0.1) is 0 Å². The predicted molar refractivity (Wildman–Crippen MR) is 77.3 cm³/mol. The molecule has 0 aliphatic carbocycles. The lowest BCUT2D eigenvalue weighted by atomic mass is 10.2. The Balaban J connectivity index is 2.17. The van der Waals surface area contributed by atoms with E-state index >= 15 is 0 Å². The fourth-order valence-electron chi connectivity index (χ4n) is 1.83. The van der Waals surface area contributed by atoms with Gasteiger partial charge in [-0.2, -0.15) is 18.3 Å². The van der Waals surface area contributed by atoms with Gasteiger partial charge in [0, 0.05) is 12.7 Å². The maximum atomic E-state index is 12.5. The number of anilines is 1. The highest BCUT2D eigenvalue weighted by Crippen LogP contribution is 2.29. The highest BCUT2D eigenvalue weighted by molar-refractivity contribution is 6.03. The van der Waals surface area contributed by atoms with Crippen molar-refractivity contribution in [3.63, 3.8) is 0 Å². The van der Waals surface area contributed by atoms with Crippen LogP contribution in [0.1, 0.15) is 28.7 Å². The maximum absolute atomic E-state index is 12.5.